The van der Waals surface area contributed by atoms with E-state index in [-0.39, 0.29) is 0 Å². The first-order valence-corrected chi connectivity index (χ1v) is 3.99. The quantitative estimate of drug-likeness (QED) is 0.707. The van der Waals surface area contributed by atoms with Crippen LogP contribution in [0.15, 0.2) is 10.6 Å². The summed E-state index contributed by atoms with van der Waals surface area (Å²) in [5.74, 6) is 1.51. The minimum Gasteiger partial charge on any atom is -0.443 e. The summed E-state index contributed by atoms with van der Waals surface area (Å²) in [5, 5.41) is 0. The van der Waals surface area contributed by atoms with Gasteiger partial charge in [-0.3, -0.25) is 0 Å². The molecule has 4 nitrogen and oxygen atoms in total. The summed E-state index contributed by atoms with van der Waals surface area (Å²) in [6, 6.07) is 0. The Kier molecular flexibility index (Phi) is 3.76. The number of oxazole rings is 1. The van der Waals surface area contributed by atoms with Crippen molar-refractivity contribution in [1.82, 2.24) is 4.98 Å². The highest BCUT2D eigenvalue weighted by Crippen LogP contribution is 2.06. The van der Waals surface area contributed by atoms with Gasteiger partial charge < -0.3 is 14.9 Å². The van der Waals surface area contributed by atoms with E-state index in [1.165, 1.54) is 0 Å². The maximum Gasteiger partial charge on any atom is 0.194 e. The fraction of sp³-hybridized carbons (Fsp3) is 0.625. The molecule has 1 aromatic rings. The van der Waals surface area contributed by atoms with E-state index >= 15 is 0 Å². The molecule has 1 heterocycles. The van der Waals surface area contributed by atoms with Gasteiger partial charge in [0.05, 0.1) is 6.20 Å². The highest BCUT2D eigenvalue weighted by atomic mass is 16.5. The number of hydrogen-bond acceptors (Lipinski definition) is 4. The molecule has 0 unspecified atom stereocenters. The Bertz CT molecular complexity index is 223. The van der Waals surface area contributed by atoms with Crippen LogP contribution >= 0.6 is 0 Å². The molecule has 0 aliphatic rings. The summed E-state index contributed by atoms with van der Waals surface area (Å²) < 4.78 is 10.2. The van der Waals surface area contributed by atoms with Gasteiger partial charge in [0.2, 0.25) is 0 Å². The third kappa shape index (κ3) is 2.64. The van der Waals surface area contributed by atoms with Gasteiger partial charge in [0.1, 0.15) is 12.4 Å². The Morgan fingerprint density at radius 2 is 2.50 bits per heavy atom. The van der Waals surface area contributed by atoms with Crippen LogP contribution in [0.1, 0.15) is 18.1 Å². The number of nitrogens with two attached hydrogens (primary N) is 1. The standard InChI is InChI=1S/C8H14N2O2/c1-11-6-7-5-10-8(12-7)3-2-4-9/h5H,2-4,6,9H2,1H3. The van der Waals surface area contributed by atoms with E-state index in [0.29, 0.717) is 13.2 Å². The fourth-order valence-electron chi connectivity index (χ4n) is 0.926. The Morgan fingerprint density at radius 1 is 1.67 bits per heavy atom. The first kappa shape index (κ1) is 9.22. The summed E-state index contributed by atoms with van der Waals surface area (Å²) in [7, 11) is 1.63. The van der Waals surface area contributed by atoms with E-state index in [1.54, 1.807) is 13.3 Å². The van der Waals surface area contributed by atoms with Gasteiger partial charge in [-0.1, -0.05) is 0 Å². The van der Waals surface area contributed by atoms with Gasteiger partial charge in [-0.25, -0.2) is 4.98 Å². The summed E-state index contributed by atoms with van der Waals surface area (Å²) in [6.45, 7) is 1.15. The van der Waals surface area contributed by atoms with Crippen LogP contribution in [-0.4, -0.2) is 18.6 Å². The fourth-order valence-corrected chi connectivity index (χ4v) is 0.926. The molecule has 0 amide bonds. The molecular formula is C8H14N2O2. The molecule has 0 saturated heterocycles. The first-order valence-electron chi connectivity index (χ1n) is 3.99. The van der Waals surface area contributed by atoms with Gasteiger partial charge in [0.25, 0.3) is 0 Å². The number of rotatable bonds is 5. The molecule has 0 saturated carbocycles. The first-order chi connectivity index (χ1) is 5.86. The van der Waals surface area contributed by atoms with Crippen molar-refractivity contribution in [2.75, 3.05) is 13.7 Å². The van der Waals surface area contributed by atoms with Crippen LogP contribution in [0.25, 0.3) is 0 Å². The van der Waals surface area contributed by atoms with Gasteiger partial charge in [-0.2, -0.15) is 0 Å². The number of nitrogens with zero attached hydrogens (tertiary/aromatic N) is 1. The second-order valence-electron chi connectivity index (χ2n) is 2.55. The van der Waals surface area contributed by atoms with E-state index in [1.807, 2.05) is 0 Å². The molecule has 0 bridgehead atoms. The van der Waals surface area contributed by atoms with Crippen LogP contribution in [0.2, 0.25) is 0 Å². The lowest BCUT2D eigenvalue weighted by Crippen LogP contribution is -2.00. The van der Waals surface area contributed by atoms with E-state index in [0.717, 1.165) is 24.5 Å². The third-order valence-electron chi connectivity index (χ3n) is 1.48. The second kappa shape index (κ2) is 4.90. The number of aryl methyl sites for hydroxylation is 1. The van der Waals surface area contributed by atoms with Gasteiger partial charge in [-0.15, -0.1) is 0 Å². The highest BCUT2D eigenvalue weighted by Gasteiger charge is 2.01. The molecule has 0 fully saturated rings. The van der Waals surface area contributed by atoms with E-state index in [2.05, 4.69) is 4.98 Å². The number of ether oxygens (including phenoxy) is 1. The molecule has 2 N–H and O–H groups in total. The zero-order valence-corrected chi connectivity index (χ0v) is 7.25. The van der Waals surface area contributed by atoms with E-state index in [4.69, 9.17) is 14.9 Å². The molecule has 68 valence electrons. The van der Waals surface area contributed by atoms with Crippen LogP contribution in [0.4, 0.5) is 0 Å². The third-order valence-corrected chi connectivity index (χ3v) is 1.48. The molecule has 1 rings (SSSR count). The Labute approximate surface area is 71.7 Å². The summed E-state index contributed by atoms with van der Waals surface area (Å²) >= 11 is 0. The number of methoxy groups -OCH3 is 1. The Morgan fingerprint density at radius 3 is 3.17 bits per heavy atom. The molecule has 0 aliphatic carbocycles. The Hall–Kier alpha value is -0.870. The van der Waals surface area contributed by atoms with Crippen LogP contribution in [0, 0.1) is 0 Å². The van der Waals surface area contributed by atoms with Gasteiger partial charge in [0.15, 0.2) is 5.89 Å². The van der Waals surface area contributed by atoms with Crippen molar-refractivity contribution in [3.8, 4) is 0 Å². The Balaban J connectivity index is 2.41. The second-order valence-corrected chi connectivity index (χ2v) is 2.55. The van der Waals surface area contributed by atoms with Crippen LogP contribution in [0.5, 0.6) is 0 Å². The lowest BCUT2D eigenvalue weighted by molar-refractivity contribution is 0.162. The molecule has 1 aromatic heterocycles. The normalized spacial score (nSPS) is 10.5. The van der Waals surface area contributed by atoms with Crippen molar-refractivity contribution in [2.45, 2.75) is 19.4 Å². The van der Waals surface area contributed by atoms with E-state index in [9.17, 15) is 0 Å². The van der Waals surface area contributed by atoms with Gasteiger partial charge in [0, 0.05) is 13.5 Å². The smallest absolute Gasteiger partial charge is 0.194 e. The van der Waals surface area contributed by atoms with Crippen LogP contribution in [0.3, 0.4) is 0 Å². The monoisotopic (exact) mass is 170 g/mol. The molecule has 0 aromatic carbocycles. The van der Waals surface area contributed by atoms with E-state index < -0.39 is 0 Å². The maximum atomic E-state index is 5.35. The zero-order valence-electron chi connectivity index (χ0n) is 7.25. The minimum absolute atomic E-state index is 0.482. The van der Waals surface area contributed by atoms with Crippen LogP contribution in [-0.2, 0) is 17.8 Å². The molecule has 4 heteroatoms. The van der Waals surface area contributed by atoms with Crippen molar-refractivity contribution < 1.29 is 9.15 Å². The van der Waals surface area contributed by atoms with Crippen molar-refractivity contribution >= 4 is 0 Å². The summed E-state index contributed by atoms with van der Waals surface area (Å²) in [4.78, 5) is 4.07. The predicted octanol–water partition coefficient (Wildman–Crippen LogP) is 0.712. The molecular weight excluding hydrogens is 156 g/mol. The van der Waals surface area contributed by atoms with Crippen molar-refractivity contribution in [1.29, 1.82) is 0 Å². The van der Waals surface area contributed by atoms with Gasteiger partial charge in [-0.05, 0) is 13.0 Å². The predicted molar refractivity (Wildman–Crippen MR) is 44.6 cm³/mol. The van der Waals surface area contributed by atoms with Crippen molar-refractivity contribution in [2.24, 2.45) is 5.73 Å². The lowest BCUT2D eigenvalue weighted by atomic mass is 10.3. The van der Waals surface area contributed by atoms with Crippen molar-refractivity contribution in [3.63, 3.8) is 0 Å². The number of hydrogen-bond donors (Lipinski definition) is 1. The molecule has 0 atom stereocenters. The summed E-state index contributed by atoms with van der Waals surface area (Å²) in [5.41, 5.74) is 5.35. The van der Waals surface area contributed by atoms with Gasteiger partial charge >= 0.3 is 0 Å². The van der Waals surface area contributed by atoms with Crippen LogP contribution < -0.4 is 5.73 Å². The topological polar surface area (TPSA) is 61.3 Å². The highest BCUT2D eigenvalue weighted by molar-refractivity contribution is 4.92. The molecule has 0 aliphatic heterocycles. The molecule has 12 heavy (non-hydrogen) atoms. The summed E-state index contributed by atoms with van der Waals surface area (Å²) in [6.07, 6.45) is 3.41. The average molecular weight is 170 g/mol. The molecule has 0 spiro atoms. The largest absolute Gasteiger partial charge is 0.443 e. The van der Waals surface area contributed by atoms with Crippen molar-refractivity contribution in [3.05, 3.63) is 17.8 Å². The zero-order chi connectivity index (χ0) is 8.81. The minimum atomic E-state index is 0.482. The maximum absolute atomic E-state index is 5.35. The number of aromatic nitrogens is 1. The SMILES string of the molecule is COCc1cnc(CCCN)o1. The average Bonchev–Trinajstić information content (AvgIpc) is 2.50. The molecule has 0 radical (unpaired) electrons. The lowest BCUT2D eigenvalue weighted by Gasteiger charge is -1.92.